The van der Waals surface area contributed by atoms with E-state index in [1.54, 1.807) is 24.3 Å². The minimum Gasteiger partial charge on any atom is -0.380 e. The highest BCUT2D eigenvalue weighted by molar-refractivity contribution is 5.96. The van der Waals surface area contributed by atoms with Gasteiger partial charge in [0.05, 0.1) is 6.61 Å². The average molecular weight is 302 g/mol. The van der Waals surface area contributed by atoms with Crippen LogP contribution in [0.4, 0.5) is 18.9 Å². The molecule has 1 fully saturated rings. The maximum atomic E-state index is 13.2. The first-order chi connectivity index (χ1) is 9.89. The molecule has 1 aromatic carbocycles. The van der Waals surface area contributed by atoms with Crippen molar-refractivity contribution in [2.75, 3.05) is 25.5 Å². The normalized spacial score (nSPS) is 22.3. The Bertz CT molecular complexity index is 511. The molecule has 1 aliphatic rings. The molecule has 1 unspecified atom stereocenters. The van der Waals surface area contributed by atoms with E-state index in [1.165, 1.54) is 7.11 Å². The van der Waals surface area contributed by atoms with E-state index in [2.05, 4.69) is 10.6 Å². The molecule has 0 spiro atoms. The van der Waals surface area contributed by atoms with Gasteiger partial charge in [-0.15, -0.1) is 0 Å². The van der Waals surface area contributed by atoms with Crippen molar-refractivity contribution in [1.82, 2.24) is 5.32 Å². The highest BCUT2D eigenvalue weighted by atomic mass is 19.4. The van der Waals surface area contributed by atoms with Gasteiger partial charge < -0.3 is 15.4 Å². The summed E-state index contributed by atoms with van der Waals surface area (Å²) < 4.78 is 44.7. The van der Waals surface area contributed by atoms with Crippen molar-refractivity contribution >= 4 is 11.6 Å². The molecule has 1 saturated heterocycles. The molecule has 21 heavy (non-hydrogen) atoms. The standard InChI is InChI=1S/C14H17F3N2O2/c1-21-8-10-3-2-4-11(7-10)19-12(20)13(14(15,16)17)5-6-18-9-13/h2-4,7,18H,5-6,8-9H2,1H3,(H,19,20). The number of nitrogens with one attached hydrogen (secondary N) is 2. The lowest BCUT2D eigenvalue weighted by Crippen LogP contribution is -2.49. The molecule has 1 heterocycles. The van der Waals surface area contributed by atoms with Crippen molar-refractivity contribution in [3.63, 3.8) is 0 Å². The van der Waals surface area contributed by atoms with Gasteiger partial charge in [0.1, 0.15) is 0 Å². The lowest BCUT2D eigenvalue weighted by atomic mass is 9.85. The molecule has 0 aliphatic carbocycles. The first-order valence-corrected chi connectivity index (χ1v) is 6.56. The van der Waals surface area contributed by atoms with Crippen LogP contribution in [-0.4, -0.2) is 32.3 Å². The van der Waals surface area contributed by atoms with E-state index < -0.39 is 17.5 Å². The zero-order chi connectivity index (χ0) is 15.5. The quantitative estimate of drug-likeness (QED) is 0.897. The summed E-state index contributed by atoms with van der Waals surface area (Å²) in [5, 5.41) is 4.99. The van der Waals surface area contributed by atoms with Crippen molar-refractivity contribution < 1.29 is 22.7 Å². The fourth-order valence-electron chi connectivity index (χ4n) is 2.41. The second-order valence-electron chi connectivity index (χ2n) is 5.09. The number of benzene rings is 1. The molecule has 1 atom stereocenters. The van der Waals surface area contributed by atoms with Crippen LogP contribution in [-0.2, 0) is 16.1 Å². The summed E-state index contributed by atoms with van der Waals surface area (Å²) in [6, 6.07) is 6.60. The summed E-state index contributed by atoms with van der Waals surface area (Å²) in [5.41, 5.74) is -1.24. The molecule has 0 radical (unpaired) electrons. The molecule has 4 nitrogen and oxygen atoms in total. The Labute approximate surface area is 120 Å². The SMILES string of the molecule is COCc1cccc(NC(=O)C2(C(F)(F)F)CCNC2)c1. The Morgan fingerprint density at radius 2 is 2.24 bits per heavy atom. The first-order valence-electron chi connectivity index (χ1n) is 6.56. The van der Waals surface area contributed by atoms with Crippen LogP contribution >= 0.6 is 0 Å². The molecule has 0 saturated carbocycles. The Hall–Kier alpha value is -1.60. The van der Waals surface area contributed by atoms with Crippen molar-refractivity contribution in [3.8, 4) is 0 Å². The average Bonchev–Trinajstić information content (AvgIpc) is 2.89. The van der Waals surface area contributed by atoms with Crippen LogP contribution in [0, 0.1) is 5.41 Å². The number of carbonyl (C=O) groups excluding carboxylic acids is 1. The number of hydrogen-bond donors (Lipinski definition) is 2. The smallest absolute Gasteiger partial charge is 0.380 e. The van der Waals surface area contributed by atoms with E-state index in [-0.39, 0.29) is 19.5 Å². The summed E-state index contributed by atoms with van der Waals surface area (Å²) in [6.45, 7) is 0.117. The second kappa shape index (κ2) is 6.03. The van der Waals surface area contributed by atoms with Gasteiger partial charge in [-0.1, -0.05) is 12.1 Å². The third kappa shape index (κ3) is 3.19. The molecular formula is C14H17F3N2O2. The van der Waals surface area contributed by atoms with E-state index in [0.29, 0.717) is 12.3 Å². The molecule has 1 aliphatic heterocycles. The van der Waals surface area contributed by atoms with Crippen LogP contribution in [0.25, 0.3) is 0 Å². The van der Waals surface area contributed by atoms with Crippen LogP contribution in [0.5, 0.6) is 0 Å². The molecule has 2 rings (SSSR count). The predicted octanol–water partition coefficient (Wildman–Crippen LogP) is 2.31. The van der Waals surface area contributed by atoms with Gasteiger partial charge >= 0.3 is 6.18 Å². The number of alkyl halides is 3. The minimum atomic E-state index is -4.58. The van der Waals surface area contributed by atoms with Gasteiger partial charge in [-0.25, -0.2) is 0 Å². The first kappa shape index (κ1) is 15.8. The van der Waals surface area contributed by atoms with Gasteiger partial charge in [0.15, 0.2) is 5.41 Å². The number of halogens is 3. The van der Waals surface area contributed by atoms with Crippen molar-refractivity contribution in [3.05, 3.63) is 29.8 Å². The Morgan fingerprint density at radius 1 is 1.48 bits per heavy atom. The number of rotatable bonds is 4. The molecule has 1 amide bonds. The summed E-state index contributed by atoms with van der Waals surface area (Å²) in [6.07, 6.45) is -4.83. The molecule has 1 aromatic rings. The summed E-state index contributed by atoms with van der Waals surface area (Å²) in [7, 11) is 1.52. The monoisotopic (exact) mass is 302 g/mol. The number of hydrogen-bond acceptors (Lipinski definition) is 3. The van der Waals surface area contributed by atoms with Crippen LogP contribution in [0.1, 0.15) is 12.0 Å². The zero-order valence-electron chi connectivity index (χ0n) is 11.6. The lowest BCUT2D eigenvalue weighted by Gasteiger charge is -2.29. The van der Waals surface area contributed by atoms with E-state index in [4.69, 9.17) is 4.74 Å². The number of amides is 1. The van der Waals surface area contributed by atoms with Crippen LogP contribution in [0.3, 0.4) is 0 Å². The fourth-order valence-corrected chi connectivity index (χ4v) is 2.41. The van der Waals surface area contributed by atoms with E-state index in [9.17, 15) is 18.0 Å². The highest BCUT2D eigenvalue weighted by Gasteiger charge is 2.61. The van der Waals surface area contributed by atoms with Gasteiger partial charge in [-0.2, -0.15) is 13.2 Å². The molecular weight excluding hydrogens is 285 g/mol. The third-order valence-corrected chi connectivity index (χ3v) is 3.63. The molecule has 0 aromatic heterocycles. The van der Waals surface area contributed by atoms with E-state index in [0.717, 1.165) is 5.56 Å². The summed E-state index contributed by atoms with van der Waals surface area (Å²) >= 11 is 0. The largest absolute Gasteiger partial charge is 0.404 e. The second-order valence-corrected chi connectivity index (χ2v) is 5.09. The highest BCUT2D eigenvalue weighted by Crippen LogP contribution is 2.43. The molecule has 116 valence electrons. The molecule has 2 N–H and O–H groups in total. The lowest BCUT2D eigenvalue weighted by molar-refractivity contribution is -0.213. The molecule has 7 heteroatoms. The number of carbonyl (C=O) groups is 1. The fraction of sp³-hybridized carbons (Fsp3) is 0.500. The number of ether oxygens (including phenoxy) is 1. The van der Waals surface area contributed by atoms with Gasteiger partial charge in [0.25, 0.3) is 0 Å². The van der Waals surface area contributed by atoms with Crippen LogP contribution in [0.15, 0.2) is 24.3 Å². The number of methoxy groups -OCH3 is 1. The van der Waals surface area contributed by atoms with Crippen molar-refractivity contribution in [2.45, 2.75) is 19.2 Å². The maximum Gasteiger partial charge on any atom is 0.404 e. The van der Waals surface area contributed by atoms with E-state index in [1.807, 2.05) is 0 Å². The third-order valence-electron chi connectivity index (χ3n) is 3.63. The van der Waals surface area contributed by atoms with Crippen molar-refractivity contribution in [2.24, 2.45) is 5.41 Å². The Morgan fingerprint density at radius 3 is 2.81 bits per heavy atom. The van der Waals surface area contributed by atoms with E-state index >= 15 is 0 Å². The van der Waals surface area contributed by atoms with Crippen LogP contribution < -0.4 is 10.6 Å². The van der Waals surface area contributed by atoms with Gasteiger partial charge in [0, 0.05) is 19.3 Å². The maximum absolute atomic E-state index is 13.2. The van der Waals surface area contributed by atoms with Crippen LogP contribution in [0.2, 0.25) is 0 Å². The number of anilines is 1. The Kier molecular flexibility index (Phi) is 4.53. The van der Waals surface area contributed by atoms with Gasteiger partial charge in [0.2, 0.25) is 5.91 Å². The topological polar surface area (TPSA) is 50.4 Å². The Balaban J connectivity index is 2.18. The molecule has 0 bridgehead atoms. The van der Waals surface area contributed by atoms with Crippen molar-refractivity contribution in [1.29, 1.82) is 0 Å². The summed E-state index contributed by atoms with van der Waals surface area (Å²) in [5.74, 6) is -1.02. The summed E-state index contributed by atoms with van der Waals surface area (Å²) in [4.78, 5) is 12.2. The zero-order valence-corrected chi connectivity index (χ0v) is 11.6. The van der Waals surface area contributed by atoms with Gasteiger partial charge in [-0.3, -0.25) is 4.79 Å². The van der Waals surface area contributed by atoms with Gasteiger partial charge in [-0.05, 0) is 30.7 Å². The predicted molar refractivity (Wildman–Crippen MR) is 71.8 cm³/mol. The minimum absolute atomic E-state index is 0.177.